The number of hydrogen-bond donors (Lipinski definition) is 1. The van der Waals surface area contributed by atoms with Gasteiger partial charge in [-0.2, -0.15) is 0 Å². The second-order valence-corrected chi connectivity index (χ2v) is 4.93. The van der Waals surface area contributed by atoms with Crippen LogP contribution < -0.4 is 5.32 Å². The summed E-state index contributed by atoms with van der Waals surface area (Å²) in [7, 11) is 0. The number of hydrogen-bond acceptors (Lipinski definition) is 4. The molecule has 1 saturated heterocycles. The highest BCUT2D eigenvalue weighted by Crippen LogP contribution is 2.09. The Morgan fingerprint density at radius 2 is 1.94 bits per heavy atom. The van der Waals surface area contributed by atoms with Crippen LogP contribution in [0.25, 0.3) is 0 Å². The normalized spacial score (nSPS) is 17.4. The third kappa shape index (κ3) is 4.26. The van der Waals surface area contributed by atoms with Crippen LogP contribution in [-0.2, 0) is 6.42 Å². The predicted octanol–water partition coefficient (Wildman–Crippen LogP) is 2.33. The SMILES string of the molecule is CCc1cc(NCCN2CCCCCC2)ncn1. The van der Waals surface area contributed by atoms with Crippen molar-refractivity contribution in [3.05, 3.63) is 18.1 Å². The second kappa shape index (κ2) is 7.31. The molecule has 4 nitrogen and oxygen atoms in total. The van der Waals surface area contributed by atoms with Gasteiger partial charge in [0.25, 0.3) is 0 Å². The molecule has 0 unspecified atom stereocenters. The lowest BCUT2D eigenvalue weighted by Crippen LogP contribution is -2.30. The van der Waals surface area contributed by atoms with E-state index in [1.165, 1.54) is 38.8 Å². The summed E-state index contributed by atoms with van der Waals surface area (Å²) in [4.78, 5) is 11.0. The van der Waals surface area contributed by atoms with Gasteiger partial charge in [-0.25, -0.2) is 9.97 Å². The van der Waals surface area contributed by atoms with Crippen molar-refractivity contribution in [3.8, 4) is 0 Å². The fraction of sp³-hybridized carbons (Fsp3) is 0.714. The summed E-state index contributed by atoms with van der Waals surface area (Å²) in [5.41, 5.74) is 1.10. The van der Waals surface area contributed by atoms with E-state index in [0.29, 0.717) is 0 Å². The summed E-state index contributed by atoms with van der Waals surface area (Å²) < 4.78 is 0. The molecule has 0 amide bonds. The molecule has 1 aliphatic heterocycles. The highest BCUT2D eigenvalue weighted by Gasteiger charge is 2.08. The van der Waals surface area contributed by atoms with Crippen molar-refractivity contribution >= 4 is 5.82 Å². The molecule has 18 heavy (non-hydrogen) atoms. The van der Waals surface area contributed by atoms with Gasteiger partial charge >= 0.3 is 0 Å². The number of nitrogens with zero attached hydrogens (tertiary/aromatic N) is 3. The molecule has 0 spiro atoms. The zero-order chi connectivity index (χ0) is 12.6. The van der Waals surface area contributed by atoms with Crippen LogP contribution in [0.4, 0.5) is 5.82 Å². The van der Waals surface area contributed by atoms with E-state index < -0.39 is 0 Å². The van der Waals surface area contributed by atoms with E-state index >= 15 is 0 Å². The molecule has 0 aliphatic carbocycles. The Bertz CT molecular complexity index is 345. The van der Waals surface area contributed by atoms with Crippen molar-refractivity contribution < 1.29 is 0 Å². The summed E-state index contributed by atoms with van der Waals surface area (Å²) >= 11 is 0. The number of aryl methyl sites for hydroxylation is 1. The van der Waals surface area contributed by atoms with Crippen LogP contribution >= 0.6 is 0 Å². The van der Waals surface area contributed by atoms with Gasteiger partial charge < -0.3 is 10.2 Å². The maximum atomic E-state index is 4.25. The fourth-order valence-electron chi connectivity index (χ4n) is 2.39. The smallest absolute Gasteiger partial charge is 0.129 e. The highest BCUT2D eigenvalue weighted by molar-refractivity contribution is 5.34. The molecule has 0 atom stereocenters. The third-order valence-corrected chi connectivity index (χ3v) is 3.52. The summed E-state index contributed by atoms with van der Waals surface area (Å²) in [6.45, 7) is 6.71. The molecule has 2 heterocycles. The van der Waals surface area contributed by atoms with Crippen molar-refractivity contribution in [2.45, 2.75) is 39.0 Å². The van der Waals surface area contributed by atoms with Crippen molar-refractivity contribution in [3.63, 3.8) is 0 Å². The Morgan fingerprint density at radius 3 is 2.67 bits per heavy atom. The van der Waals surface area contributed by atoms with Gasteiger partial charge in [-0.15, -0.1) is 0 Å². The first-order valence-corrected chi connectivity index (χ1v) is 7.15. The van der Waals surface area contributed by atoms with Crippen LogP contribution in [0.15, 0.2) is 12.4 Å². The Labute approximate surface area is 110 Å². The van der Waals surface area contributed by atoms with Crippen LogP contribution in [0.3, 0.4) is 0 Å². The monoisotopic (exact) mass is 248 g/mol. The zero-order valence-electron chi connectivity index (χ0n) is 11.4. The minimum Gasteiger partial charge on any atom is -0.369 e. The molecule has 1 fully saturated rings. The fourth-order valence-corrected chi connectivity index (χ4v) is 2.39. The molecule has 0 bridgehead atoms. The maximum Gasteiger partial charge on any atom is 0.129 e. The third-order valence-electron chi connectivity index (χ3n) is 3.52. The molecule has 4 heteroatoms. The average Bonchev–Trinajstić information content (AvgIpc) is 2.68. The van der Waals surface area contributed by atoms with Crippen molar-refractivity contribution in [2.24, 2.45) is 0 Å². The van der Waals surface area contributed by atoms with E-state index in [1.807, 2.05) is 6.07 Å². The maximum absolute atomic E-state index is 4.25. The number of rotatable bonds is 5. The van der Waals surface area contributed by atoms with Crippen LogP contribution in [0.5, 0.6) is 0 Å². The molecule has 0 saturated carbocycles. The summed E-state index contributed by atoms with van der Waals surface area (Å²) in [6, 6.07) is 2.04. The Hall–Kier alpha value is -1.16. The second-order valence-electron chi connectivity index (χ2n) is 4.93. The molecule has 1 N–H and O–H groups in total. The molecular weight excluding hydrogens is 224 g/mol. The molecule has 2 rings (SSSR count). The van der Waals surface area contributed by atoms with Gasteiger partial charge in [0.05, 0.1) is 0 Å². The Balaban J connectivity index is 1.73. The minimum atomic E-state index is 0.955. The first kappa shape index (κ1) is 13.3. The lowest BCUT2D eigenvalue weighted by atomic mass is 10.2. The number of anilines is 1. The summed E-state index contributed by atoms with van der Waals surface area (Å²) in [5, 5.41) is 3.39. The van der Waals surface area contributed by atoms with Crippen LogP contribution in [-0.4, -0.2) is 41.0 Å². The molecule has 1 aliphatic rings. The van der Waals surface area contributed by atoms with Gasteiger partial charge in [-0.1, -0.05) is 19.8 Å². The van der Waals surface area contributed by atoms with Crippen molar-refractivity contribution in [2.75, 3.05) is 31.5 Å². The van der Waals surface area contributed by atoms with Gasteiger partial charge in [0.2, 0.25) is 0 Å². The number of likely N-dealkylation sites (tertiary alicyclic amines) is 1. The van der Waals surface area contributed by atoms with E-state index in [9.17, 15) is 0 Å². The lowest BCUT2D eigenvalue weighted by Gasteiger charge is -2.19. The topological polar surface area (TPSA) is 41.0 Å². The first-order chi connectivity index (χ1) is 8.88. The van der Waals surface area contributed by atoms with Gasteiger partial charge in [0.1, 0.15) is 12.1 Å². The number of aromatic nitrogens is 2. The van der Waals surface area contributed by atoms with Crippen LogP contribution in [0, 0.1) is 0 Å². The van der Waals surface area contributed by atoms with Crippen molar-refractivity contribution in [1.82, 2.24) is 14.9 Å². The zero-order valence-corrected chi connectivity index (χ0v) is 11.4. The van der Waals surface area contributed by atoms with Gasteiger partial charge in [-0.05, 0) is 32.4 Å². The summed E-state index contributed by atoms with van der Waals surface area (Å²) in [5.74, 6) is 0.955. The Morgan fingerprint density at radius 1 is 1.17 bits per heavy atom. The first-order valence-electron chi connectivity index (χ1n) is 7.15. The quantitative estimate of drug-likeness (QED) is 0.868. The Kier molecular flexibility index (Phi) is 5.39. The van der Waals surface area contributed by atoms with E-state index in [0.717, 1.165) is 31.0 Å². The predicted molar refractivity (Wildman–Crippen MR) is 74.8 cm³/mol. The van der Waals surface area contributed by atoms with Gasteiger partial charge in [0.15, 0.2) is 0 Å². The molecule has 100 valence electrons. The van der Waals surface area contributed by atoms with Crippen LogP contribution in [0.1, 0.15) is 38.3 Å². The van der Waals surface area contributed by atoms with Gasteiger partial charge in [-0.3, -0.25) is 0 Å². The summed E-state index contributed by atoms with van der Waals surface area (Å²) in [6.07, 6.45) is 8.11. The van der Waals surface area contributed by atoms with E-state index in [-0.39, 0.29) is 0 Å². The van der Waals surface area contributed by atoms with Crippen LogP contribution in [0.2, 0.25) is 0 Å². The largest absolute Gasteiger partial charge is 0.369 e. The number of nitrogens with one attached hydrogen (secondary N) is 1. The van der Waals surface area contributed by atoms with Gasteiger partial charge in [0, 0.05) is 24.8 Å². The molecular formula is C14H24N4. The standard InChI is InChI=1S/C14H24N4/c1-2-13-11-14(17-12-16-13)15-7-10-18-8-5-3-4-6-9-18/h11-12H,2-10H2,1H3,(H,15,16,17). The molecule has 1 aromatic rings. The van der Waals surface area contributed by atoms with E-state index in [4.69, 9.17) is 0 Å². The van der Waals surface area contributed by atoms with E-state index in [1.54, 1.807) is 6.33 Å². The molecule has 1 aromatic heterocycles. The average molecular weight is 248 g/mol. The minimum absolute atomic E-state index is 0.955. The molecule has 0 aromatic carbocycles. The van der Waals surface area contributed by atoms with Crippen molar-refractivity contribution in [1.29, 1.82) is 0 Å². The highest BCUT2D eigenvalue weighted by atomic mass is 15.1. The van der Waals surface area contributed by atoms with E-state index in [2.05, 4.69) is 27.1 Å². The lowest BCUT2D eigenvalue weighted by molar-refractivity contribution is 0.296. The molecule has 0 radical (unpaired) electrons.